The zero-order valence-electron chi connectivity index (χ0n) is 10.1. The van der Waals surface area contributed by atoms with Gasteiger partial charge in [-0.3, -0.25) is 0 Å². The summed E-state index contributed by atoms with van der Waals surface area (Å²) in [6.07, 6.45) is 2.72. The van der Waals surface area contributed by atoms with Crippen molar-refractivity contribution in [1.29, 1.82) is 0 Å². The number of phenolic OH excluding ortho intramolecular Hbond substituents is 1. The molecule has 0 aliphatic carbocycles. The molecule has 0 unspecified atom stereocenters. The number of thiazole rings is 1. The van der Waals surface area contributed by atoms with Crippen LogP contribution in [0.15, 0.2) is 24.4 Å². The Balaban J connectivity index is 2.44. The van der Waals surface area contributed by atoms with Crippen molar-refractivity contribution in [2.75, 3.05) is 7.11 Å². The molecule has 5 heteroatoms. The van der Waals surface area contributed by atoms with E-state index in [0.29, 0.717) is 5.56 Å². The van der Waals surface area contributed by atoms with E-state index in [4.69, 9.17) is 0 Å². The van der Waals surface area contributed by atoms with E-state index in [1.165, 1.54) is 13.2 Å². The van der Waals surface area contributed by atoms with Crippen molar-refractivity contribution in [2.45, 2.75) is 13.3 Å². The molecular formula is C13H13NO3S. The van der Waals surface area contributed by atoms with Crippen LogP contribution < -0.4 is 0 Å². The molecule has 0 fully saturated rings. The summed E-state index contributed by atoms with van der Waals surface area (Å²) >= 11 is 1.55. The van der Waals surface area contributed by atoms with Crippen molar-refractivity contribution in [2.24, 2.45) is 0 Å². The zero-order valence-corrected chi connectivity index (χ0v) is 11.0. The monoisotopic (exact) mass is 263 g/mol. The molecule has 0 saturated heterocycles. The summed E-state index contributed by atoms with van der Waals surface area (Å²) < 4.78 is 4.64. The Morgan fingerprint density at radius 3 is 2.83 bits per heavy atom. The Morgan fingerprint density at radius 2 is 2.22 bits per heavy atom. The molecule has 1 aromatic carbocycles. The molecule has 0 saturated carbocycles. The normalized spacial score (nSPS) is 10.3. The highest BCUT2D eigenvalue weighted by atomic mass is 32.1. The van der Waals surface area contributed by atoms with Crippen LogP contribution >= 0.6 is 11.3 Å². The number of rotatable bonds is 3. The third-order valence-corrected chi connectivity index (χ3v) is 3.68. The number of aromatic hydroxyl groups is 1. The van der Waals surface area contributed by atoms with E-state index < -0.39 is 5.97 Å². The first-order chi connectivity index (χ1) is 8.63. The lowest BCUT2D eigenvalue weighted by Gasteiger charge is -2.03. The topological polar surface area (TPSA) is 59.4 Å². The molecule has 0 bridgehead atoms. The van der Waals surface area contributed by atoms with Crippen LogP contribution in [0.5, 0.6) is 5.75 Å². The van der Waals surface area contributed by atoms with Gasteiger partial charge in [-0.15, -0.1) is 11.3 Å². The number of nitrogens with zero attached hydrogens (tertiary/aromatic N) is 1. The van der Waals surface area contributed by atoms with Crippen LogP contribution in [0.4, 0.5) is 0 Å². The van der Waals surface area contributed by atoms with Gasteiger partial charge in [0.15, 0.2) is 0 Å². The Kier molecular flexibility index (Phi) is 3.62. The molecule has 1 aromatic heterocycles. The van der Waals surface area contributed by atoms with Crippen LogP contribution in [-0.2, 0) is 11.2 Å². The van der Waals surface area contributed by atoms with Crippen molar-refractivity contribution in [3.8, 4) is 16.3 Å². The molecule has 0 radical (unpaired) electrons. The Hall–Kier alpha value is -1.88. The number of carbonyl (C=O) groups is 1. The van der Waals surface area contributed by atoms with Crippen LogP contribution in [0.3, 0.4) is 0 Å². The van der Waals surface area contributed by atoms with Crippen LogP contribution in [0.2, 0.25) is 0 Å². The van der Waals surface area contributed by atoms with Crippen molar-refractivity contribution in [3.05, 3.63) is 34.8 Å². The number of hydrogen-bond donors (Lipinski definition) is 1. The summed E-state index contributed by atoms with van der Waals surface area (Å²) in [6.45, 7) is 2.06. The summed E-state index contributed by atoms with van der Waals surface area (Å²) in [4.78, 5) is 16.9. The second-order valence-electron chi connectivity index (χ2n) is 3.75. The molecule has 18 heavy (non-hydrogen) atoms. The molecule has 0 amide bonds. The van der Waals surface area contributed by atoms with Gasteiger partial charge in [-0.05, 0) is 24.6 Å². The van der Waals surface area contributed by atoms with Crippen molar-refractivity contribution < 1.29 is 14.6 Å². The van der Waals surface area contributed by atoms with Gasteiger partial charge in [0, 0.05) is 16.6 Å². The van der Waals surface area contributed by atoms with E-state index in [2.05, 4.69) is 16.6 Å². The quantitative estimate of drug-likeness (QED) is 0.865. The van der Waals surface area contributed by atoms with Crippen LogP contribution in [0.1, 0.15) is 22.2 Å². The molecule has 94 valence electrons. The maximum Gasteiger partial charge on any atom is 0.338 e. The van der Waals surface area contributed by atoms with Gasteiger partial charge in [0.25, 0.3) is 0 Å². The van der Waals surface area contributed by atoms with E-state index in [1.807, 2.05) is 6.20 Å². The smallest absolute Gasteiger partial charge is 0.338 e. The Labute approximate surface area is 109 Å². The fourth-order valence-electron chi connectivity index (χ4n) is 1.57. The van der Waals surface area contributed by atoms with Gasteiger partial charge in [0.2, 0.25) is 0 Å². The lowest BCUT2D eigenvalue weighted by molar-refractivity contribution is 0.0600. The van der Waals surface area contributed by atoms with Gasteiger partial charge in [-0.1, -0.05) is 6.92 Å². The van der Waals surface area contributed by atoms with Gasteiger partial charge >= 0.3 is 5.97 Å². The number of aryl methyl sites for hydroxylation is 1. The van der Waals surface area contributed by atoms with Gasteiger partial charge in [-0.25, -0.2) is 9.78 Å². The van der Waals surface area contributed by atoms with Gasteiger partial charge in [0.1, 0.15) is 10.8 Å². The fraction of sp³-hybridized carbons (Fsp3) is 0.231. The van der Waals surface area contributed by atoms with Crippen molar-refractivity contribution in [3.63, 3.8) is 0 Å². The third kappa shape index (κ3) is 2.51. The van der Waals surface area contributed by atoms with E-state index in [1.54, 1.807) is 23.5 Å². The molecule has 4 nitrogen and oxygen atoms in total. The fourth-order valence-corrected chi connectivity index (χ4v) is 2.41. The highest BCUT2D eigenvalue weighted by molar-refractivity contribution is 7.15. The molecule has 1 N–H and O–H groups in total. The second kappa shape index (κ2) is 5.18. The number of aromatic nitrogens is 1. The SMILES string of the molecule is CCc1cnc(-c2cc(O)cc(C(=O)OC)c2)s1. The Bertz CT molecular complexity index is 577. The van der Waals surface area contributed by atoms with Crippen molar-refractivity contribution in [1.82, 2.24) is 4.98 Å². The molecule has 2 aromatic rings. The summed E-state index contributed by atoms with van der Waals surface area (Å²) in [6, 6.07) is 4.64. The van der Waals surface area contributed by atoms with Gasteiger partial charge < -0.3 is 9.84 Å². The van der Waals surface area contributed by atoms with Crippen molar-refractivity contribution >= 4 is 17.3 Å². The van der Waals surface area contributed by atoms with E-state index >= 15 is 0 Å². The maximum atomic E-state index is 11.5. The number of benzene rings is 1. The van der Waals surface area contributed by atoms with Gasteiger partial charge in [0.05, 0.1) is 12.7 Å². The predicted molar refractivity (Wildman–Crippen MR) is 69.9 cm³/mol. The number of phenols is 1. The summed E-state index contributed by atoms with van der Waals surface area (Å²) in [7, 11) is 1.31. The zero-order chi connectivity index (χ0) is 13.1. The first-order valence-corrected chi connectivity index (χ1v) is 6.33. The minimum absolute atomic E-state index is 0.0288. The number of esters is 1. The lowest BCUT2D eigenvalue weighted by atomic mass is 10.1. The number of hydrogen-bond acceptors (Lipinski definition) is 5. The molecule has 0 atom stereocenters. The van der Waals surface area contributed by atoms with E-state index in [0.717, 1.165) is 21.9 Å². The summed E-state index contributed by atoms with van der Waals surface area (Å²) in [5, 5.41) is 10.4. The first-order valence-electron chi connectivity index (χ1n) is 5.51. The van der Waals surface area contributed by atoms with Gasteiger partial charge in [-0.2, -0.15) is 0 Å². The molecular weight excluding hydrogens is 250 g/mol. The number of ether oxygens (including phenoxy) is 1. The molecule has 0 aliphatic rings. The predicted octanol–water partition coefficient (Wildman–Crippen LogP) is 2.86. The average molecular weight is 263 g/mol. The van der Waals surface area contributed by atoms with Crippen LogP contribution in [-0.4, -0.2) is 23.2 Å². The van der Waals surface area contributed by atoms with E-state index in [9.17, 15) is 9.90 Å². The lowest BCUT2D eigenvalue weighted by Crippen LogP contribution is -2.00. The first kappa shape index (κ1) is 12.6. The standard InChI is InChI=1S/C13H13NO3S/c1-3-11-7-14-12(18-11)8-4-9(13(16)17-2)6-10(15)5-8/h4-7,15H,3H2,1-2H3. The highest BCUT2D eigenvalue weighted by Gasteiger charge is 2.11. The Morgan fingerprint density at radius 1 is 1.44 bits per heavy atom. The highest BCUT2D eigenvalue weighted by Crippen LogP contribution is 2.29. The minimum Gasteiger partial charge on any atom is -0.508 e. The molecule has 2 rings (SSSR count). The molecule has 1 heterocycles. The van der Waals surface area contributed by atoms with Crippen LogP contribution in [0.25, 0.3) is 10.6 Å². The number of carbonyl (C=O) groups excluding carboxylic acids is 1. The van der Waals surface area contributed by atoms with E-state index in [-0.39, 0.29) is 5.75 Å². The maximum absolute atomic E-state index is 11.5. The largest absolute Gasteiger partial charge is 0.508 e. The average Bonchev–Trinajstić information content (AvgIpc) is 2.85. The second-order valence-corrected chi connectivity index (χ2v) is 4.86. The summed E-state index contributed by atoms with van der Waals surface area (Å²) in [5.41, 5.74) is 1.04. The summed E-state index contributed by atoms with van der Waals surface area (Å²) in [5.74, 6) is -0.444. The number of methoxy groups -OCH3 is 1. The van der Waals surface area contributed by atoms with Crippen LogP contribution in [0, 0.1) is 0 Å². The molecule has 0 aliphatic heterocycles. The third-order valence-electron chi connectivity index (χ3n) is 2.49. The minimum atomic E-state index is -0.473. The molecule has 0 spiro atoms.